The number of nitrogens with one attached hydrogen (secondary N) is 1. The molecule has 0 spiro atoms. The predicted octanol–water partition coefficient (Wildman–Crippen LogP) is 2.64. The van der Waals surface area contributed by atoms with E-state index in [-0.39, 0.29) is 35.6 Å². The van der Waals surface area contributed by atoms with Crippen molar-refractivity contribution >= 4 is 21.6 Å². The van der Waals surface area contributed by atoms with Crippen molar-refractivity contribution in [1.29, 1.82) is 0 Å². The highest BCUT2D eigenvalue weighted by molar-refractivity contribution is 7.89. The van der Waals surface area contributed by atoms with Crippen LogP contribution in [-0.4, -0.2) is 42.5 Å². The molecular weight excluding hydrogens is 390 g/mol. The van der Waals surface area contributed by atoms with Crippen molar-refractivity contribution in [3.8, 4) is 5.75 Å². The SMILES string of the molecule is CC(=NNC(=O)C1CCN(S(=O)(=O)c2ccc(C)cc2)CC1)c1ccccc1O. The van der Waals surface area contributed by atoms with Crippen LogP contribution in [-0.2, 0) is 14.8 Å². The number of rotatable bonds is 5. The van der Waals surface area contributed by atoms with Crippen LogP contribution in [0, 0.1) is 12.8 Å². The van der Waals surface area contributed by atoms with Gasteiger partial charge in [0, 0.05) is 24.6 Å². The number of piperidine rings is 1. The van der Waals surface area contributed by atoms with Crippen LogP contribution in [0.25, 0.3) is 0 Å². The lowest BCUT2D eigenvalue weighted by Crippen LogP contribution is -2.42. The van der Waals surface area contributed by atoms with Gasteiger partial charge in [-0.2, -0.15) is 9.41 Å². The van der Waals surface area contributed by atoms with Crippen molar-refractivity contribution in [3.05, 3.63) is 59.7 Å². The summed E-state index contributed by atoms with van der Waals surface area (Å²) < 4.78 is 26.9. The molecule has 1 saturated heterocycles. The summed E-state index contributed by atoms with van der Waals surface area (Å²) in [4.78, 5) is 12.7. The molecule has 3 rings (SSSR count). The molecule has 0 aromatic heterocycles. The number of hydrogen-bond acceptors (Lipinski definition) is 5. The standard InChI is InChI=1S/C21H25N3O4S/c1-15-7-9-18(10-8-15)29(27,28)24-13-11-17(12-14-24)21(26)23-22-16(2)19-5-3-4-6-20(19)25/h3-10,17,25H,11-14H2,1-2H3,(H,23,26). The number of phenolic OH excluding ortho intramolecular Hbond substituents is 1. The van der Waals surface area contributed by atoms with Crippen molar-refractivity contribution in [2.45, 2.75) is 31.6 Å². The molecule has 1 fully saturated rings. The molecule has 0 atom stereocenters. The maximum absolute atomic E-state index is 12.8. The second-order valence-corrected chi connectivity index (χ2v) is 9.12. The van der Waals surface area contributed by atoms with Gasteiger partial charge in [0.05, 0.1) is 10.6 Å². The number of para-hydroxylation sites is 1. The van der Waals surface area contributed by atoms with Gasteiger partial charge in [0.15, 0.2) is 0 Å². The van der Waals surface area contributed by atoms with Gasteiger partial charge < -0.3 is 5.11 Å². The summed E-state index contributed by atoms with van der Waals surface area (Å²) in [6.07, 6.45) is 0.865. The van der Waals surface area contributed by atoms with Crippen molar-refractivity contribution in [1.82, 2.24) is 9.73 Å². The first-order valence-corrected chi connectivity index (χ1v) is 10.9. The van der Waals surface area contributed by atoms with E-state index in [1.165, 1.54) is 4.31 Å². The average Bonchev–Trinajstić information content (AvgIpc) is 2.72. The molecule has 0 unspecified atom stereocenters. The largest absolute Gasteiger partial charge is 0.507 e. The van der Waals surface area contributed by atoms with E-state index in [9.17, 15) is 18.3 Å². The number of nitrogens with zero attached hydrogens (tertiary/aromatic N) is 2. The van der Waals surface area contributed by atoms with Gasteiger partial charge in [-0.1, -0.05) is 29.8 Å². The van der Waals surface area contributed by atoms with Crippen molar-refractivity contribution in [2.24, 2.45) is 11.0 Å². The fourth-order valence-corrected chi connectivity index (χ4v) is 4.76. The molecule has 1 aliphatic heterocycles. The van der Waals surface area contributed by atoms with Crippen LogP contribution in [0.4, 0.5) is 0 Å². The monoisotopic (exact) mass is 415 g/mol. The van der Waals surface area contributed by atoms with Gasteiger partial charge in [0.2, 0.25) is 15.9 Å². The van der Waals surface area contributed by atoms with Crippen molar-refractivity contribution in [3.63, 3.8) is 0 Å². The Balaban J connectivity index is 1.59. The average molecular weight is 416 g/mol. The van der Waals surface area contributed by atoms with Crippen LogP contribution in [0.3, 0.4) is 0 Å². The molecule has 0 radical (unpaired) electrons. The van der Waals surface area contributed by atoms with E-state index < -0.39 is 10.0 Å². The van der Waals surface area contributed by atoms with Crippen LogP contribution in [0.15, 0.2) is 58.5 Å². The van der Waals surface area contributed by atoms with E-state index in [0.717, 1.165) is 5.56 Å². The third kappa shape index (κ3) is 4.83. The molecule has 154 valence electrons. The minimum absolute atomic E-state index is 0.0950. The maximum atomic E-state index is 12.8. The Morgan fingerprint density at radius 1 is 1.10 bits per heavy atom. The quantitative estimate of drug-likeness (QED) is 0.579. The summed E-state index contributed by atoms with van der Waals surface area (Å²) >= 11 is 0. The van der Waals surface area contributed by atoms with Gasteiger partial charge in [0.25, 0.3) is 0 Å². The highest BCUT2D eigenvalue weighted by Gasteiger charge is 2.32. The second-order valence-electron chi connectivity index (χ2n) is 7.18. The van der Waals surface area contributed by atoms with Gasteiger partial charge in [-0.05, 0) is 51.0 Å². The number of hydrogen-bond donors (Lipinski definition) is 2. The number of carbonyl (C=O) groups is 1. The molecule has 2 aromatic rings. The Labute approximate surface area is 171 Å². The zero-order chi connectivity index (χ0) is 21.0. The molecule has 29 heavy (non-hydrogen) atoms. The third-order valence-corrected chi connectivity index (χ3v) is 7.02. The number of aryl methyl sites for hydroxylation is 1. The Morgan fingerprint density at radius 2 is 1.72 bits per heavy atom. The molecule has 0 bridgehead atoms. The van der Waals surface area contributed by atoms with Crippen molar-refractivity contribution < 1.29 is 18.3 Å². The number of carbonyl (C=O) groups excluding carboxylic acids is 1. The van der Waals surface area contributed by atoms with E-state index in [4.69, 9.17) is 0 Å². The molecule has 1 amide bonds. The topological polar surface area (TPSA) is 99.1 Å². The summed E-state index contributed by atoms with van der Waals surface area (Å²) in [6.45, 7) is 4.18. The van der Waals surface area contributed by atoms with E-state index in [0.29, 0.717) is 24.1 Å². The van der Waals surface area contributed by atoms with Crippen LogP contribution in [0.1, 0.15) is 30.9 Å². The zero-order valence-corrected chi connectivity index (χ0v) is 17.3. The Bertz CT molecular complexity index is 1010. The first-order valence-electron chi connectivity index (χ1n) is 9.48. The number of sulfonamides is 1. The molecule has 2 aromatic carbocycles. The van der Waals surface area contributed by atoms with Gasteiger partial charge in [-0.15, -0.1) is 0 Å². The van der Waals surface area contributed by atoms with E-state index >= 15 is 0 Å². The number of hydrazone groups is 1. The van der Waals surface area contributed by atoms with Gasteiger partial charge in [-0.3, -0.25) is 4.79 Å². The lowest BCUT2D eigenvalue weighted by molar-refractivity contribution is -0.126. The number of phenols is 1. The van der Waals surface area contributed by atoms with Crippen LogP contribution in [0.2, 0.25) is 0 Å². The lowest BCUT2D eigenvalue weighted by atomic mass is 9.98. The molecule has 7 nitrogen and oxygen atoms in total. The van der Waals surface area contributed by atoms with Gasteiger partial charge in [-0.25, -0.2) is 13.8 Å². The normalized spacial score (nSPS) is 16.6. The highest BCUT2D eigenvalue weighted by Crippen LogP contribution is 2.24. The van der Waals surface area contributed by atoms with E-state index in [2.05, 4.69) is 10.5 Å². The Kier molecular flexibility index (Phi) is 6.34. The highest BCUT2D eigenvalue weighted by atomic mass is 32.2. The molecule has 0 aliphatic carbocycles. The second kappa shape index (κ2) is 8.75. The van der Waals surface area contributed by atoms with Gasteiger partial charge >= 0.3 is 0 Å². The molecular formula is C21H25N3O4S. The molecule has 8 heteroatoms. The molecule has 1 heterocycles. The van der Waals surface area contributed by atoms with Crippen LogP contribution < -0.4 is 5.43 Å². The van der Waals surface area contributed by atoms with Crippen LogP contribution >= 0.6 is 0 Å². The zero-order valence-electron chi connectivity index (χ0n) is 16.5. The summed E-state index contributed by atoms with van der Waals surface area (Å²) in [5.74, 6) is -0.454. The van der Waals surface area contributed by atoms with Crippen molar-refractivity contribution in [2.75, 3.05) is 13.1 Å². The third-order valence-electron chi connectivity index (χ3n) is 5.11. The fraction of sp³-hybridized carbons (Fsp3) is 0.333. The first-order chi connectivity index (χ1) is 13.8. The summed E-state index contributed by atoms with van der Waals surface area (Å²) in [6, 6.07) is 13.5. The number of aromatic hydroxyl groups is 1. The molecule has 1 aliphatic rings. The summed E-state index contributed by atoms with van der Waals surface area (Å²) in [5.41, 5.74) is 4.58. The molecule has 2 N–H and O–H groups in total. The Hall–Kier alpha value is -2.71. The smallest absolute Gasteiger partial charge is 0.243 e. The maximum Gasteiger partial charge on any atom is 0.243 e. The Morgan fingerprint density at radius 3 is 2.34 bits per heavy atom. The summed E-state index contributed by atoms with van der Waals surface area (Å²) in [5, 5.41) is 13.9. The predicted molar refractivity (Wildman–Crippen MR) is 111 cm³/mol. The van der Waals surface area contributed by atoms with Crippen LogP contribution in [0.5, 0.6) is 5.75 Å². The number of amides is 1. The lowest BCUT2D eigenvalue weighted by Gasteiger charge is -2.30. The van der Waals surface area contributed by atoms with Gasteiger partial charge in [0.1, 0.15) is 5.75 Å². The summed E-state index contributed by atoms with van der Waals surface area (Å²) in [7, 11) is -3.55. The van der Waals surface area contributed by atoms with E-state index in [1.54, 1.807) is 55.5 Å². The minimum Gasteiger partial charge on any atom is -0.507 e. The minimum atomic E-state index is -3.55. The first kappa shape index (κ1) is 21.0. The number of benzene rings is 2. The van der Waals surface area contributed by atoms with E-state index in [1.807, 2.05) is 6.92 Å². The molecule has 0 saturated carbocycles. The fourth-order valence-electron chi connectivity index (χ4n) is 3.29.